The molecule has 1 heterocycles. The number of aromatic nitrogens is 2. The van der Waals surface area contributed by atoms with Gasteiger partial charge in [-0.1, -0.05) is 24.6 Å². The van der Waals surface area contributed by atoms with Crippen LogP contribution in [0.1, 0.15) is 30.8 Å². The van der Waals surface area contributed by atoms with Gasteiger partial charge in [0.15, 0.2) is 0 Å². The topological polar surface area (TPSA) is 43.8 Å². The van der Waals surface area contributed by atoms with Crippen LogP contribution in [0.25, 0.3) is 0 Å². The summed E-state index contributed by atoms with van der Waals surface area (Å²) in [6.07, 6.45) is 5.32. The Balaban J connectivity index is 2.13. The molecule has 5 heteroatoms. The highest BCUT2D eigenvalue weighted by Crippen LogP contribution is 2.21. The number of nitrogens with two attached hydrogens (primary N) is 1. The second-order valence-corrected chi connectivity index (χ2v) is 4.93. The minimum atomic E-state index is -0.438. The summed E-state index contributed by atoms with van der Waals surface area (Å²) in [5, 5.41) is 0.114. The Kier molecular flexibility index (Phi) is 4.56. The fourth-order valence-corrected chi connectivity index (χ4v) is 2.15. The van der Waals surface area contributed by atoms with Crippen molar-refractivity contribution in [3.05, 3.63) is 52.8 Å². The molecular formula is C14H17ClFN3. The predicted octanol–water partition coefficient (Wildman–Crippen LogP) is 3.33. The molecule has 1 aromatic carbocycles. The lowest BCUT2D eigenvalue weighted by molar-refractivity contribution is 0.590. The Bertz CT molecular complexity index is 553. The molecule has 2 N–H and O–H groups in total. The first-order valence-corrected chi connectivity index (χ1v) is 6.70. The molecule has 19 heavy (non-hydrogen) atoms. The third kappa shape index (κ3) is 3.33. The Labute approximate surface area is 117 Å². The summed E-state index contributed by atoms with van der Waals surface area (Å²) in [6, 6.07) is 4.39. The highest BCUT2D eigenvalue weighted by molar-refractivity contribution is 6.30. The molecule has 0 radical (unpaired) electrons. The average molecular weight is 282 g/mol. The lowest BCUT2D eigenvalue weighted by Crippen LogP contribution is -2.16. The summed E-state index contributed by atoms with van der Waals surface area (Å²) in [7, 11) is 0. The van der Waals surface area contributed by atoms with Crippen molar-refractivity contribution >= 4 is 11.6 Å². The highest BCUT2D eigenvalue weighted by Gasteiger charge is 2.12. The zero-order valence-electron chi connectivity index (χ0n) is 10.8. The van der Waals surface area contributed by atoms with Crippen LogP contribution >= 0.6 is 11.6 Å². The van der Waals surface area contributed by atoms with E-state index >= 15 is 0 Å². The van der Waals surface area contributed by atoms with Crippen molar-refractivity contribution in [3.63, 3.8) is 0 Å². The van der Waals surface area contributed by atoms with Crippen molar-refractivity contribution in [2.24, 2.45) is 5.73 Å². The molecule has 3 nitrogen and oxygen atoms in total. The smallest absolute Gasteiger partial charge is 0.142 e. The van der Waals surface area contributed by atoms with E-state index in [1.54, 1.807) is 12.3 Å². The van der Waals surface area contributed by atoms with Crippen LogP contribution < -0.4 is 5.73 Å². The maximum absolute atomic E-state index is 13.4. The van der Waals surface area contributed by atoms with Crippen LogP contribution in [-0.4, -0.2) is 9.55 Å². The van der Waals surface area contributed by atoms with Gasteiger partial charge in [0.1, 0.15) is 11.6 Å². The van der Waals surface area contributed by atoms with Crippen LogP contribution in [0.5, 0.6) is 0 Å². The molecular weight excluding hydrogens is 265 g/mol. The van der Waals surface area contributed by atoms with Crippen molar-refractivity contribution in [2.75, 3.05) is 0 Å². The molecule has 0 saturated heterocycles. The van der Waals surface area contributed by atoms with E-state index in [0.717, 1.165) is 24.4 Å². The molecule has 0 aliphatic heterocycles. The molecule has 1 atom stereocenters. The molecule has 102 valence electrons. The summed E-state index contributed by atoms with van der Waals surface area (Å²) in [4.78, 5) is 4.30. The minimum Gasteiger partial charge on any atom is -0.335 e. The molecule has 0 fully saturated rings. The number of hydrogen-bond acceptors (Lipinski definition) is 2. The Morgan fingerprint density at radius 2 is 2.26 bits per heavy atom. The van der Waals surface area contributed by atoms with Gasteiger partial charge in [-0.25, -0.2) is 9.37 Å². The fraction of sp³-hybridized carbons (Fsp3) is 0.357. The standard InChI is InChI=1S/C14H17ClFN3/c1-2-6-19-7-5-18-14(19)9-13(17)10-3-4-11(15)12(16)8-10/h3-5,7-8,13H,2,6,9,17H2,1H3. The van der Waals surface area contributed by atoms with E-state index in [1.165, 1.54) is 12.1 Å². The SMILES string of the molecule is CCCn1ccnc1CC(N)c1ccc(Cl)c(F)c1. The number of nitrogens with zero attached hydrogens (tertiary/aromatic N) is 2. The van der Waals surface area contributed by atoms with Gasteiger partial charge in [0.05, 0.1) is 5.02 Å². The first-order valence-electron chi connectivity index (χ1n) is 6.32. The van der Waals surface area contributed by atoms with Crippen molar-refractivity contribution in [2.45, 2.75) is 32.4 Å². The molecule has 0 aliphatic rings. The number of halogens is 2. The second kappa shape index (κ2) is 6.17. The van der Waals surface area contributed by atoms with E-state index in [9.17, 15) is 4.39 Å². The first kappa shape index (κ1) is 14.0. The van der Waals surface area contributed by atoms with E-state index in [0.29, 0.717) is 6.42 Å². The van der Waals surface area contributed by atoms with E-state index < -0.39 is 5.82 Å². The second-order valence-electron chi connectivity index (χ2n) is 4.52. The molecule has 1 aromatic heterocycles. The quantitative estimate of drug-likeness (QED) is 0.913. The first-order chi connectivity index (χ1) is 9.11. The predicted molar refractivity (Wildman–Crippen MR) is 74.6 cm³/mol. The zero-order valence-corrected chi connectivity index (χ0v) is 11.6. The molecule has 0 amide bonds. The monoisotopic (exact) mass is 281 g/mol. The van der Waals surface area contributed by atoms with E-state index in [1.807, 2.05) is 6.20 Å². The molecule has 2 aromatic rings. The molecule has 0 aliphatic carbocycles. The van der Waals surface area contributed by atoms with Crippen LogP contribution in [-0.2, 0) is 13.0 Å². The van der Waals surface area contributed by atoms with Gasteiger partial charge in [-0.3, -0.25) is 0 Å². The molecule has 0 spiro atoms. The number of aryl methyl sites for hydroxylation is 1. The van der Waals surface area contributed by atoms with Gasteiger partial charge in [-0.05, 0) is 24.1 Å². The average Bonchev–Trinajstić information content (AvgIpc) is 2.80. The summed E-state index contributed by atoms with van der Waals surface area (Å²) >= 11 is 5.66. The van der Waals surface area contributed by atoms with Crippen molar-refractivity contribution < 1.29 is 4.39 Å². The largest absolute Gasteiger partial charge is 0.335 e. The van der Waals surface area contributed by atoms with E-state index in [4.69, 9.17) is 17.3 Å². The minimum absolute atomic E-state index is 0.114. The van der Waals surface area contributed by atoms with Gasteiger partial charge in [-0.15, -0.1) is 0 Å². The van der Waals surface area contributed by atoms with E-state index in [2.05, 4.69) is 16.5 Å². The normalized spacial score (nSPS) is 12.6. The Hall–Kier alpha value is -1.39. The highest BCUT2D eigenvalue weighted by atomic mass is 35.5. The van der Waals surface area contributed by atoms with Crippen molar-refractivity contribution in [1.29, 1.82) is 0 Å². The number of rotatable bonds is 5. The maximum Gasteiger partial charge on any atom is 0.142 e. The molecule has 2 rings (SSSR count). The van der Waals surface area contributed by atoms with Gasteiger partial charge < -0.3 is 10.3 Å². The third-order valence-electron chi connectivity index (χ3n) is 3.04. The molecule has 1 unspecified atom stereocenters. The lowest BCUT2D eigenvalue weighted by atomic mass is 10.0. The van der Waals surface area contributed by atoms with Crippen LogP contribution in [0.15, 0.2) is 30.6 Å². The molecule has 0 bridgehead atoms. The van der Waals surface area contributed by atoms with Gasteiger partial charge in [0, 0.05) is 31.4 Å². The van der Waals surface area contributed by atoms with Crippen LogP contribution in [0.3, 0.4) is 0 Å². The summed E-state index contributed by atoms with van der Waals surface area (Å²) in [5.74, 6) is 0.483. The summed E-state index contributed by atoms with van der Waals surface area (Å²) in [5.41, 5.74) is 6.84. The van der Waals surface area contributed by atoms with Crippen LogP contribution in [0.4, 0.5) is 4.39 Å². The summed E-state index contributed by atoms with van der Waals surface area (Å²) < 4.78 is 15.5. The lowest BCUT2D eigenvalue weighted by Gasteiger charge is -2.13. The van der Waals surface area contributed by atoms with Gasteiger partial charge in [-0.2, -0.15) is 0 Å². The Morgan fingerprint density at radius 1 is 1.47 bits per heavy atom. The summed E-state index contributed by atoms with van der Waals surface area (Å²) in [6.45, 7) is 3.02. The molecule has 0 saturated carbocycles. The van der Waals surface area contributed by atoms with Crippen molar-refractivity contribution in [3.8, 4) is 0 Å². The third-order valence-corrected chi connectivity index (χ3v) is 3.35. The number of hydrogen-bond donors (Lipinski definition) is 1. The van der Waals surface area contributed by atoms with Crippen molar-refractivity contribution in [1.82, 2.24) is 9.55 Å². The number of benzene rings is 1. The zero-order chi connectivity index (χ0) is 13.8. The number of imidazole rings is 1. The van der Waals surface area contributed by atoms with Gasteiger partial charge >= 0.3 is 0 Å². The fourth-order valence-electron chi connectivity index (χ4n) is 2.03. The van der Waals surface area contributed by atoms with Gasteiger partial charge in [0.25, 0.3) is 0 Å². The van der Waals surface area contributed by atoms with Crippen LogP contribution in [0.2, 0.25) is 5.02 Å². The van der Waals surface area contributed by atoms with Gasteiger partial charge in [0.2, 0.25) is 0 Å². The Morgan fingerprint density at radius 3 is 2.95 bits per heavy atom. The maximum atomic E-state index is 13.4. The van der Waals surface area contributed by atoms with Crippen LogP contribution in [0, 0.1) is 5.82 Å². The van der Waals surface area contributed by atoms with E-state index in [-0.39, 0.29) is 11.1 Å².